The number of carbonyl (C=O) groups is 1. The number of carboxylic acid groups (broad SMARTS) is 1. The fourth-order valence-corrected chi connectivity index (χ4v) is 1.78. The second kappa shape index (κ2) is 4.25. The van der Waals surface area contributed by atoms with Gasteiger partial charge in [0.1, 0.15) is 0 Å². The minimum atomic E-state index is -0.954. The van der Waals surface area contributed by atoms with Crippen molar-refractivity contribution in [3.05, 3.63) is 0 Å². The Hall–Kier alpha value is -0.650. The molecule has 14 heavy (non-hydrogen) atoms. The standard InChI is InChI=1S/C9H14O5/c10-8(11)7-5-13-9(14-7)6-2-1-3-12-4-6/h6-7,9H,1-5H2,(H,10,11). The molecule has 80 valence electrons. The number of hydrogen-bond donors (Lipinski definition) is 1. The lowest BCUT2D eigenvalue weighted by Crippen LogP contribution is -2.31. The normalized spacial score (nSPS) is 38.4. The summed E-state index contributed by atoms with van der Waals surface area (Å²) in [4.78, 5) is 10.6. The van der Waals surface area contributed by atoms with E-state index in [0.717, 1.165) is 19.4 Å². The molecule has 0 aromatic carbocycles. The van der Waals surface area contributed by atoms with Crippen LogP contribution in [0.4, 0.5) is 0 Å². The number of rotatable bonds is 2. The summed E-state index contributed by atoms with van der Waals surface area (Å²) in [5.41, 5.74) is 0. The van der Waals surface area contributed by atoms with Crippen molar-refractivity contribution in [2.24, 2.45) is 5.92 Å². The minimum absolute atomic E-state index is 0.149. The fraction of sp³-hybridized carbons (Fsp3) is 0.889. The third-order valence-electron chi connectivity index (χ3n) is 2.57. The molecule has 2 aliphatic rings. The second-order valence-corrected chi connectivity index (χ2v) is 3.64. The topological polar surface area (TPSA) is 65.0 Å². The van der Waals surface area contributed by atoms with Gasteiger partial charge < -0.3 is 19.3 Å². The van der Waals surface area contributed by atoms with Crippen LogP contribution in [-0.2, 0) is 19.0 Å². The molecular weight excluding hydrogens is 188 g/mol. The second-order valence-electron chi connectivity index (χ2n) is 3.64. The molecule has 0 aliphatic carbocycles. The minimum Gasteiger partial charge on any atom is -0.479 e. The molecule has 5 nitrogen and oxygen atoms in total. The van der Waals surface area contributed by atoms with E-state index in [1.807, 2.05) is 0 Å². The number of hydrogen-bond acceptors (Lipinski definition) is 4. The Balaban J connectivity index is 1.85. The van der Waals surface area contributed by atoms with Crippen LogP contribution in [0.3, 0.4) is 0 Å². The average molecular weight is 202 g/mol. The van der Waals surface area contributed by atoms with Gasteiger partial charge in [-0.3, -0.25) is 0 Å². The Morgan fingerprint density at radius 2 is 2.21 bits per heavy atom. The maximum Gasteiger partial charge on any atom is 0.335 e. The molecule has 0 amide bonds. The summed E-state index contributed by atoms with van der Waals surface area (Å²) >= 11 is 0. The summed E-state index contributed by atoms with van der Waals surface area (Å²) in [6.07, 6.45) is 0.779. The first-order valence-electron chi connectivity index (χ1n) is 4.85. The highest BCUT2D eigenvalue weighted by Gasteiger charge is 2.36. The predicted octanol–water partition coefficient (Wildman–Crippen LogP) is 0.239. The lowest BCUT2D eigenvalue weighted by atomic mass is 10.0. The molecule has 2 aliphatic heterocycles. The first kappa shape index (κ1) is 9.89. The number of aliphatic carboxylic acids is 1. The molecule has 2 heterocycles. The lowest BCUT2D eigenvalue weighted by Gasteiger charge is -2.25. The third kappa shape index (κ3) is 2.05. The van der Waals surface area contributed by atoms with Crippen LogP contribution in [0.5, 0.6) is 0 Å². The van der Waals surface area contributed by atoms with Crippen LogP contribution in [0, 0.1) is 5.92 Å². The number of ether oxygens (including phenoxy) is 3. The van der Waals surface area contributed by atoms with Gasteiger partial charge in [0, 0.05) is 12.5 Å². The van der Waals surface area contributed by atoms with Crippen LogP contribution in [-0.4, -0.2) is 43.3 Å². The first-order chi connectivity index (χ1) is 6.77. The smallest absolute Gasteiger partial charge is 0.335 e. The van der Waals surface area contributed by atoms with Gasteiger partial charge in [-0.05, 0) is 12.8 Å². The van der Waals surface area contributed by atoms with E-state index in [1.54, 1.807) is 0 Å². The SMILES string of the molecule is O=C(O)C1COC(C2CCCOC2)O1. The Morgan fingerprint density at radius 1 is 1.36 bits per heavy atom. The van der Waals surface area contributed by atoms with E-state index in [9.17, 15) is 4.79 Å². The molecule has 0 aromatic rings. The zero-order valence-corrected chi connectivity index (χ0v) is 7.85. The molecule has 2 saturated heterocycles. The summed E-state index contributed by atoms with van der Waals surface area (Å²) in [5.74, 6) is -0.766. The average Bonchev–Trinajstić information content (AvgIpc) is 2.68. The summed E-state index contributed by atoms with van der Waals surface area (Å²) in [6, 6.07) is 0. The molecule has 0 spiro atoms. The van der Waals surface area contributed by atoms with Crippen molar-refractivity contribution in [2.45, 2.75) is 25.2 Å². The van der Waals surface area contributed by atoms with Crippen molar-refractivity contribution in [3.8, 4) is 0 Å². The highest BCUT2D eigenvalue weighted by atomic mass is 16.7. The Bertz CT molecular complexity index is 211. The quantitative estimate of drug-likeness (QED) is 0.694. The van der Waals surface area contributed by atoms with E-state index >= 15 is 0 Å². The van der Waals surface area contributed by atoms with Gasteiger partial charge in [0.25, 0.3) is 0 Å². The first-order valence-corrected chi connectivity index (χ1v) is 4.85. The van der Waals surface area contributed by atoms with E-state index in [1.165, 1.54) is 0 Å². The fourth-order valence-electron chi connectivity index (χ4n) is 1.78. The van der Waals surface area contributed by atoms with Crippen molar-refractivity contribution >= 4 is 5.97 Å². The molecule has 0 saturated carbocycles. The Morgan fingerprint density at radius 3 is 2.79 bits per heavy atom. The molecule has 0 aromatic heterocycles. The van der Waals surface area contributed by atoms with Crippen molar-refractivity contribution in [1.29, 1.82) is 0 Å². The Kier molecular flexibility index (Phi) is 3.00. The maximum absolute atomic E-state index is 10.6. The molecule has 3 unspecified atom stereocenters. The monoisotopic (exact) mass is 202 g/mol. The molecule has 2 fully saturated rings. The van der Waals surface area contributed by atoms with Crippen molar-refractivity contribution in [1.82, 2.24) is 0 Å². The van der Waals surface area contributed by atoms with Crippen LogP contribution in [0.2, 0.25) is 0 Å². The van der Waals surface area contributed by atoms with Crippen LogP contribution in [0.1, 0.15) is 12.8 Å². The van der Waals surface area contributed by atoms with E-state index in [0.29, 0.717) is 6.61 Å². The van der Waals surface area contributed by atoms with Gasteiger partial charge in [-0.1, -0.05) is 0 Å². The van der Waals surface area contributed by atoms with Crippen molar-refractivity contribution in [2.75, 3.05) is 19.8 Å². The summed E-state index contributed by atoms with van der Waals surface area (Å²) in [6.45, 7) is 1.54. The molecule has 0 radical (unpaired) electrons. The van der Waals surface area contributed by atoms with E-state index in [-0.39, 0.29) is 12.5 Å². The van der Waals surface area contributed by atoms with Gasteiger partial charge in [-0.2, -0.15) is 0 Å². The van der Waals surface area contributed by atoms with Crippen molar-refractivity contribution in [3.63, 3.8) is 0 Å². The van der Waals surface area contributed by atoms with Gasteiger partial charge >= 0.3 is 5.97 Å². The molecular formula is C9H14O5. The zero-order valence-electron chi connectivity index (χ0n) is 7.85. The van der Waals surface area contributed by atoms with Gasteiger partial charge in [-0.25, -0.2) is 4.79 Å². The van der Waals surface area contributed by atoms with E-state index < -0.39 is 18.4 Å². The summed E-state index contributed by atoms with van der Waals surface area (Å²) in [7, 11) is 0. The molecule has 3 atom stereocenters. The largest absolute Gasteiger partial charge is 0.479 e. The lowest BCUT2D eigenvalue weighted by molar-refractivity contribution is -0.159. The third-order valence-corrected chi connectivity index (χ3v) is 2.57. The van der Waals surface area contributed by atoms with E-state index in [2.05, 4.69) is 0 Å². The van der Waals surface area contributed by atoms with Crippen LogP contribution in [0.25, 0.3) is 0 Å². The molecule has 0 bridgehead atoms. The predicted molar refractivity (Wildman–Crippen MR) is 45.8 cm³/mol. The molecule has 1 N–H and O–H groups in total. The van der Waals surface area contributed by atoms with E-state index in [4.69, 9.17) is 19.3 Å². The van der Waals surface area contributed by atoms with Crippen LogP contribution >= 0.6 is 0 Å². The Labute approximate surface area is 81.9 Å². The highest BCUT2D eigenvalue weighted by Crippen LogP contribution is 2.25. The highest BCUT2D eigenvalue weighted by molar-refractivity contribution is 5.72. The van der Waals surface area contributed by atoms with Crippen LogP contribution in [0.15, 0.2) is 0 Å². The van der Waals surface area contributed by atoms with Gasteiger partial charge in [0.2, 0.25) is 0 Å². The van der Waals surface area contributed by atoms with Crippen molar-refractivity contribution < 1.29 is 24.1 Å². The summed E-state index contributed by atoms with van der Waals surface area (Å²) < 4.78 is 15.8. The van der Waals surface area contributed by atoms with Crippen LogP contribution < -0.4 is 0 Å². The number of carboxylic acids is 1. The zero-order chi connectivity index (χ0) is 9.97. The molecule has 2 rings (SSSR count). The van der Waals surface area contributed by atoms with Gasteiger partial charge in [0.15, 0.2) is 12.4 Å². The van der Waals surface area contributed by atoms with Gasteiger partial charge in [-0.15, -0.1) is 0 Å². The molecule has 5 heteroatoms. The maximum atomic E-state index is 10.6. The van der Waals surface area contributed by atoms with Gasteiger partial charge in [0.05, 0.1) is 13.2 Å². The summed E-state index contributed by atoms with van der Waals surface area (Å²) in [5, 5.41) is 8.69.